The van der Waals surface area contributed by atoms with Crippen molar-refractivity contribution in [3.8, 4) is 11.5 Å². The van der Waals surface area contributed by atoms with Crippen LogP contribution in [0.1, 0.15) is 22.5 Å². The molecule has 0 aliphatic rings. The fraction of sp³-hybridized carbons (Fsp3) is 0.471. The second-order valence-corrected chi connectivity index (χ2v) is 6.20. The maximum Gasteiger partial charge on any atom is 0.312 e. The number of aromatic nitrogens is 2. The maximum absolute atomic E-state index is 11.1. The molecule has 1 aromatic carbocycles. The Labute approximate surface area is 147 Å². The Morgan fingerprint density at radius 1 is 1.20 bits per heavy atom. The Morgan fingerprint density at radius 2 is 1.80 bits per heavy atom. The van der Waals surface area contributed by atoms with Gasteiger partial charge < -0.3 is 14.4 Å². The van der Waals surface area contributed by atoms with E-state index in [1.54, 1.807) is 32.7 Å². The van der Waals surface area contributed by atoms with Gasteiger partial charge in [0.2, 0.25) is 0 Å². The van der Waals surface area contributed by atoms with Gasteiger partial charge in [0.05, 0.1) is 26.2 Å². The molecule has 0 aliphatic carbocycles. The van der Waals surface area contributed by atoms with Crippen molar-refractivity contribution in [3.05, 3.63) is 44.8 Å². The monoisotopic (exact) mass is 349 g/mol. The molecule has 0 radical (unpaired) electrons. The predicted octanol–water partition coefficient (Wildman–Crippen LogP) is 1.41. The molecule has 8 nitrogen and oxygen atoms in total. The van der Waals surface area contributed by atoms with E-state index in [2.05, 4.69) is 5.10 Å². The fourth-order valence-electron chi connectivity index (χ4n) is 2.96. The predicted molar refractivity (Wildman–Crippen MR) is 93.2 cm³/mol. The highest BCUT2D eigenvalue weighted by Gasteiger charge is 2.23. The Balaban J connectivity index is 2.20. The highest BCUT2D eigenvalue weighted by atomic mass is 16.6. The van der Waals surface area contributed by atoms with Gasteiger partial charge in [0.1, 0.15) is 17.9 Å². The van der Waals surface area contributed by atoms with Crippen molar-refractivity contribution in [3.63, 3.8) is 0 Å². The summed E-state index contributed by atoms with van der Waals surface area (Å²) in [6, 6.07) is 3.93. The Kier molecular flexibility index (Phi) is 5.63. The molecule has 136 valence electrons. The molecule has 0 amide bonds. The smallest absolute Gasteiger partial charge is 0.312 e. The Morgan fingerprint density at radius 3 is 2.32 bits per heavy atom. The minimum absolute atomic E-state index is 0.0927. The number of benzene rings is 1. The molecule has 0 aliphatic heterocycles. The van der Waals surface area contributed by atoms with Crippen molar-refractivity contribution in [2.24, 2.45) is 0 Å². The normalized spacial score (nSPS) is 12.1. The van der Waals surface area contributed by atoms with Crippen molar-refractivity contribution < 1.29 is 19.3 Å². The first-order chi connectivity index (χ1) is 11.8. The highest BCUT2D eigenvalue weighted by Crippen LogP contribution is 2.30. The average Bonchev–Trinajstić information content (AvgIpc) is 2.82. The lowest BCUT2D eigenvalue weighted by Crippen LogP contribution is -3.07. The van der Waals surface area contributed by atoms with E-state index in [1.807, 2.05) is 26.1 Å². The van der Waals surface area contributed by atoms with Crippen LogP contribution in [0.2, 0.25) is 0 Å². The van der Waals surface area contributed by atoms with Crippen molar-refractivity contribution >= 4 is 5.69 Å². The second kappa shape index (κ2) is 7.52. The first-order valence-corrected chi connectivity index (χ1v) is 7.99. The van der Waals surface area contributed by atoms with E-state index in [0.717, 1.165) is 22.6 Å². The molecule has 25 heavy (non-hydrogen) atoms. The van der Waals surface area contributed by atoms with Crippen LogP contribution in [0.15, 0.2) is 12.1 Å². The molecule has 0 fully saturated rings. The number of hydrogen-bond donors (Lipinski definition) is 1. The van der Waals surface area contributed by atoms with Crippen LogP contribution in [-0.4, -0.2) is 36.0 Å². The minimum Gasteiger partial charge on any atom is -0.493 e. The summed E-state index contributed by atoms with van der Waals surface area (Å²) in [7, 11) is 5.26. The minimum atomic E-state index is -0.373. The number of nitrogens with one attached hydrogen (secondary N) is 1. The van der Waals surface area contributed by atoms with E-state index in [4.69, 9.17) is 9.47 Å². The van der Waals surface area contributed by atoms with E-state index in [1.165, 1.54) is 0 Å². The third-order valence-electron chi connectivity index (χ3n) is 4.28. The van der Waals surface area contributed by atoms with Gasteiger partial charge in [-0.2, -0.15) is 5.10 Å². The van der Waals surface area contributed by atoms with Gasteiger partial charge in [-0.25, -0.2) is 4.68 Å². The molecule has 1 atom stereocenters. The number of rotatable bonds is 7. The number of quaternary nitrogens is 1. The standard InChI is InChI=1S/C17H24N4O4/c1-11-7-15(24-5)16(25-6)8-14(11)9-19(4)10-20-13(3)17(21(22)23)12(2)18-20/h7-8H,9-10H2,1-6H3/p+1. The third kappa shape index (κ3) is 3.90. The summed E-state index contributed by atoms with van der Waals surface area (Å²) in [4.78, 5) is 11.9. The molecule has 1 heterocycles. The SMILES string of the molecule is COc1cc(C)c(C[NH+](C)Cn2nc(C)c([N+](=O)[O-])c2C)cc1OC. The number of hydrogen-bond acceptors (Lipinski definition) is 5. The summed E-state index contributed by atoms with van der Waals surface area (Å²) in [5.41, 5.74) is 3.35. The van der Waals surface area contributed by atoms with Crippen LogP contribution >= 0.6 is 0 Å². The Hall–Kier alpha value is -2.61. The van der Waals surface area contributed by atoms with Crippen molar-refractivity contribution in [1.29, 1.82) is 0 Å². The zero-order chi connectivity index (χ0) is 18.7. The highest BCUT2D eigenvalue weighted by molar-refractivity contribution is 5.46. The number of aryl methyl sites for hydroxylation is 2. The van der Waals surface area contributed by atoms with Crippen LogP contribution in [0, 0.1) is 30.9 Å². The zero-order valence-electron chi connectivity index (χ0n) is 15.5. The first kappa shape index (κ1) is 18.7. The number of ether oxygens (including phenoxy) is 2. The van der Waals surface area contributed by atoms with E-state index >= 15 is 0 Å². The second-order valence-electron chi connectivity index (χ2n) is 6.20. The summed E-state index contributed by atoms with van der Waals surface area (Å²) in [5, 5.41) is 15.4. The molecule has 0 saturated carbocycles. The fourth-order valence-corrected chi connectivity index (χ4v) is 2.96. The summed E-state index contributed by atoms with van der Waals surface area (Å²) in [5.74, 6) is 1.40. The van der Waals surface area contributed by atoms with Gasteiger partial charge in [0.15, 0.2) is 18.2 Å². The number of nitro groups is 1. The molecular weight excluding hydrogens is 324 g/mol. The van der Waals surface area contributed by atoms with Gasteiger partial charge >= 0.3 is 5.69 Å². The summed E-state index contributed by atoms with van der Waals surface area (Å²) in [6.45, 7) is 6.69. The van der Waals surface area contributed by atoms with E-state index in [-0.39, 0.29) is 10.6 Å². The van der Waals surface area contributed by atoms with E-state index in [0.29, 0.717) is 29.6 Å². The molecule has 0 saturated heterocycles. The van der Waals surface area contributed by atoms with Gasteiger partial charge in [-0.3, -0.25) is 10.1 Å². The Bertz CT molecular complexity index is 785. The van der Waals surface area contributed by atoms with Crippen LogP contribution in [-0.2, 0) is 13.2 Å². The van der Waals surface area contributed by atoms with Crippen molar-refractivity contribution in [2.45, 2.75) is 34.0 Å². The average molecular weight is 349 g/mol. The lowest BCUT2D eigenvalue weighted by atomic mass is 10.1. The van der Waals surface area contributed by atoms with Crippen LogP contribution in [0.25, 0.3) is 0 Å². The van der Waals surface area contributed by atoms with Crippen molar-refractivity contribution in [1.82, 2.24) is 9.78 Å². The molecule has 0 bridgehead atoms. The summed E-state index contributed by atoms with van der Waals surface area (Å²) in [6.07, 6.45) is 0. The quantitative estimate of drug-likeness (QED) is 0.603. The molecule has 1 N–H and O–H groups in total. The maximum atomic E-state index is 11.1. The number of methoxy groups -OCH3 is 2. The van der Waals surface area contributed by atoms with Crippen LogP contribution in [0.3, 0.4) is 0 Å². The zero-order valence-corrected chi connectivity index (χ0v) is 15.5. The molecule has 1 unspecified atom stereocenters. The topological polar surface area (TPSA) is 83.9 Å². The van der Waals surface area contributed by atoms with E-state index < -0.39 is 0 Å². The lowest BCUT2D eigenvalue weighted by molar-refractivity contribution is -0.917. The van der Waals surface area contributed by atoms with Gasteiger partial charge in [-0.15, -0.1) is 0 Å². The molecule has 8 heteroatoms. The van der Waals surface area contributed by atoms with E-state index in [9.17, 15) is 10.1 Å². The first-order valence-electron chi connectivity index (χ1n) is 7.99. The van der Waals surface area contributed by atoms with Crippen LogP contribution in [0.4, 0.5) is 5.69 Å². The largest absolute Gasteiger partial charge is 0.493 e. The van der Waals surface area contributed by atoms with Crippen LogP contribution < -0.4 is 14.4 Å². The molecule has 0 spiro atoms. The lowest BCUT2D eigenvalue weighted by Gasteiger charge is -2.18. The molecular formula is C17H25N4O4+. The van der Waals surface area contributed by atoms with Gasteiger partial charge in [-0.1, -0.05) is 0 Å². The van der Waals surface area contributed by atoms with Gasteiger partial charge in [-0.05, 0) is 38.5 Å². The van der Waals surface area contributed by atoms with Gasteiger partial charge in [0.25, 0.3) is 0 Å². The molecule has 1 aromatic heterocycles. The van der Waals surface area contributed by atoms with Crippen molar-refractivity contribution in [2.75, 3.05) is 21.3 Å². The summed E-state index contributed by atoms with van der Waals surface area (Å²) < 4.78 is 12.4. The third-order valence-corrected chi connectivity index (χ3v) is 4.28. The van der Waals surface area contributed by atoms with Crippen LogP contribution in [0.5, 0.6) is 11.5 Å². The molecule has 2 aromatic rings. The number of nitrogens with zero attached hydrogens (tertiary/aromatic N) is 3. The van der Waals surface area contributed by atoms with Gasteiger partial charge in [0, 0.05) is 5.56 Å². The summed E-state index contributed by atoms with van der Waals surface area (Å²) >= 11 is 0. The molecule has 2 rings (SSSR count).